The Bertz CT molecular complexity index is 1240. The van der Waals surface area contributed by atoms with Crippen LogP contribution in [0.25, 0.3) is 17.3 Å². The summed E-state index contributed by atoms with van der Waals surface area (Å²) in [7, 11) is 0. The molecule has 0 atom stereocenters. The van der Waals surface area contributed by atoms with Crippen LogP contribution in [-0.4, -0.2) is 32.4 Å². The first kappa shape index (κ1) is 24.4. The molecule has 0 unspecified atom stereocenters. The molecule has 182 valence electrons. The maximum Gasteiger partial charge on any atom is 0.268 e. The van der Waals surface area contributed by atoms with Crippen molar-refractivity contribution in [2.24, 2.45) is 5.92 Å². The van der Waals surface area contributed by atoms with Gasteiger partial charge in [0.05, 0.1) is 5.69 Å². The van der Waals surface area contributed by atoms with Crippen LogP contribution in [0.2, 0.25) is 0 Å². The van der Waals surface area contributed by atoms with Gasteiger partial charge in [0.1, 0.15) is 5.69 Å². The van der Waals surface area contributed by atoms with Crippen molar-refractivity contribution < 1.29 is 9.21 Å². The molecule has 0 spiro atoms. The first-order chi connectivity index (χ1) is 17.0. The van der Waals surface area contributed by atoms with Gasteiger partial charge in [-0.25, -0.2) is 4.68 Å². The highest BCUT2D eigenvalue weighted by Crippen LogP contribution is 2.23. The van der Waals surface area contributed by atoms with Crippen molar-refractivity contribution in [3.8, 4) is 17.3 Å². The lowest BCUT2D eigenvalue weighted by Gasteiger charge is -2.11. The van der Waals surface area contributed by atoms with Gasteiger partial charge in [-0.2, -0.15) is 5.10 Å². The summed E-state index contributed by atoms with van der Waals surface area (Å²) >= 11 is 0. The number of aromatic nitrogens is 4. The van der Waals surface area contributed by atoms with E-state index in [-0.39, 0.29) is 5.91 Å². The largest absolute Gasteiger partial charge is 0.420 e. The van der Waals surface area contributed by atoms with Crippen LogP contribution in [0.4, 0.5) is 0 Å². The number of unbranched alkanes of at least 4 members (excludes halogenated alkanes) is 1. The van der Waals surface area contributed by atoms with E-state index in [1.54, 1.807) is 6.92 Å². The van der Waals surface area contributed by atoms with Gasteiger partial charge >= 0.3 is 0 Å². The molecule has 4 rings (SSSR count). The van der Waals surface area contributed by atoms with Gasteiger partial charge in [-0.3, -0.25) is 4.79 Å². The number of nitrogens with one attached hydrogen (secondary N) is 1. The van der Waals surface area contributed by atoms with E-state index in [0.29, 0.717) is 35.5 Å². The van der Waals surface area contributed by atoms with E-state index in [1.807, 2.05) is 41.1 Å². The molecular weight excluding hydrogens is 438 g/mol. The Labute approximate surface area is 206 Å². The molecule has 35 heavy (non-hydrogen) atoms. The summed E-state index contributed by atoms with van der Waals surface area (Å²) in [6, 6.07) is 20.0. The second-order valence-electron chi connectivity index (χ2n) is 9.24. The second kappa shape index (κ2) is 11.6. The minimum Gasteiger partial charge on any atom is -0.420 e. The van der Waals surface area contributed by atoms with Crippen LogP contribution < -0.4 is 5.32 Å². The molecule has 1 N–H and O–H groups in total. The molecule has 7 heteroatoms. The lowest BCUT2D eigenvalue weighted by atomic mass is 10.1. The Morgan fingerprint density at radius 3 is 2.57 bits per heavy atom. The zero-order valence-corrected chi connectivity index (χ0v) is 20.7. The molecule has 7 nitrogen and oxygen atoms in total. The van der Waals surface area contributed by atoms with Crippen LogP contribution in [-0.2, 0) is 12.8 Å². The van der Waals surface area contributed by atoms with Gasteiger partial charge in [0.15, 0.2) is 0 Å². The molecule has 1 amide bonds. The van der Waals surface area contributed by atoms with Crippen molar-refractivity contribution in [2.75, 3.05) is 6.54 Å². The smallest absolute Gasteiger partial charge is 0.268 e. The highest BCUT2D eigenvalue weighted by molar-refractivity contribution is 5.94. The van der Waals surface area contributed by atoms with Crippen LogP contribution in [0, 0.1) is 12.8 Å². The summed E-state index contributed by atoms with van der Waals surface area (Å²) in [5.74, 6) is 1.39. The van der Waals surface area contributed by atoms with Gasteiger partial charge in [0.2, 0.25) is 5.89 Å². The predicted octanol–water partition coefficient (Wildman–Crippen LogP) is 5.57. The molecule has 0 bridgehead atoms. The molecule has 0 aliphatic heterocycles. The summed E-state index contributed by atoms with van der Waals surface area (Å²) in [5.41, 5.74) is 4.46. The standard InChI is InChI=1S/C28H33N5O2/c1-20(2)15-16-25-19-26(28-31-30-21(3)35-28)32-33(25)24-14-9-13-23(18-24)27(34)29-17-8-7-12-22-10-5-4-6-11-22/h4-6,9-11,13-14,18-20H,7-8,12,15-17H2,1-3H3,(H,29,34). The van der Waals surface area contributed by atoms with Gasteiger partial charge in [0.25, 0.3) is 11.8 Å². The Hall–Kier alpha value is -3.74. The Morgan fingerprint density at radius 2 is 1.83 bits per heavy atom. The topological polar surface area (TPSA) is 85.8 Å². The zero-order valence-electron chi connectivity index (χ0n) is 20.7. The van der Waals surface area contributed by atoms with Crippen molar-refractivity contribution in [1.29, 1.82) is 0 Å². The molecule has 4 aromatic rings. The van der Waals surface area contributed by atoms with Crippen LogP contribution in [0.3, 0.4) is 0 Å². The number of rotatable bonds is 11. The molecule has 2 aromatic carbocycles. The van der Waals surface area contributed by atoms with Crippen molar-refractivity contribution in [2.45, 2.75) is 52.9 Å². The Balaban J connectivity index is 1.44. The number of hydrogen-bond donors (Lipinski definition) is 1. The highest BCUT2D eigenvalue weighted by Gasteiger charge is 2.17. The number of hydrogen-bond acceptors (Lipinski definition) is 5. The third kappa shape index (κ3) is 6.66. The molecule has 0 saturated carbocycles. The normalized spacial score (nSPS) is 11.2. The van der Waals surface area contributed by atoms with E-state index in [2.05, 4.69) is 53.6 Å². The fourth-order valence-electron chi connectivity index (χ4n) is 3.94. The van der Waals surface area contributed by atoms with Gasteiger partial charge < -0.3 is 9.73 Å². The molecule has 0 saturated heterocycles. The molecule has 0 fully saturated rings. The first-order valence-electron chi connectivity index (χ1n) is 12.3. The average molecular weight is 472 g/mol. The second-order valence-corrected chi connectivity index (χ2v) is 9.24. The van der Waals surface area contributed by atoms with Gasteiger partial charge in [-0.1, -0.05) is 50.2 Å². The van der Waals surface area contributed by atoms with E-state index in [4.69, 9.17) is 9.52 Å². The van der Waals surface area contributed by atoms with Crippen molar-refractivity contribution >= 4 is 5.91 Å². The summed E-state index contributed by atoms with van der Waals surface area (Å²) in [6.45, 7) is 6.82. The number of aryl methyl sites for hydroxylation is 3. The van der Waals surface area contributed by atoms with Gasteiger partial charge in [-0.15, -0.1) is 10.2 Å². The van der Waals surface area contributed by atoms with Crippen molar-refractivity contribution in [3.05, 3.63) is 83.4 Å². The summed E-state index contributed by atoms with van der Waals surface area (Å²) < 4.78 is 7.47. The van der Waals surface area contributed by atoms with E-state index in [1.165, 1.54) is 5.56 Å². The highest BCUT2D eigenvalue weighted by atomic mass is 16.4. The van der Waals surface area contributed by atoms with Crippen LogP contribution >= 0.6 is 0 Å². The summed E-state index contributed by atoms with van der Waals surface area (Å²) in [5, 5.41) is 15.8. The van der Waals surface area contributed by atoms with Crippen LogP contribution in [0.5, 0.6) is 0 Å². The quantitative estimate of drug-likeness (QED) is 0.289. The van der Waals surface area contributed by atoms with Crippen LogP contribution in [0.1, 0.15) is 60.6 Å². The lowest BCUT2D eigenvalue weighted by Crippen LogP contribution is -2.24. The fourth-order valence-corrected chi connectivity index (χ4v) is 3.94. The third-order valence-corrected chi connectivity index (χ3v) is 5.88. The van der Waals surface area contributed by atoms with Crippen molar-refractivity contribution in [3.63, 3.8) is 0 Å². The van der Waals surface area contributed by atoms with E-state index in [9.17, 15) is 4.79 Å². The number of benzene rings is 2. The maximum atomic E-state index is 12.8. The average Bonchev–Trinajstić information content (AvgIpc) is 3.49. The van der Waals surface area contributed by atoms with E-state index < -0.39 is 0 Å². The summed E-state index contributed by atoms with van der Waals surface area (Å²) in [6.07, 6.45) is 4.87. The molecule has 0 radical (unpaired) electrons. The Kier molecular flexibility index (Phi) is 8.08. The molecule has 0 aliphatic rings. The Morgan fingerprint density at radius 1 is 1.00 bits per heavy atom. The van der Waals surface area contributed by atoms with Crippen LogP contribution in [0.15, 0.2) is 65.1 Å². The molecule has 0 aliphatic carbocycles. The predicted molar refractivity (Wildman–Crippen MR) is 136 cm³/mol. The minimum absolute atomic E-state index is 0.0739. The number of amides is 1. The molecule has 2 aromatic heterocycles. The van der Waals surface area contributed by atoms with Crippen molar-refractivity contribution in [1.82, 2.24) is 25.3 Å². The summed E-state index contributed by atoms with van der Waals surface area (Å²) in [4.78, 5) is 12.8. The third-order valence-electron chi connectivity index (χ3n) is 5.88. The maximum absolute atomic E-state index is 12.8. The number of carbonyl (C=O) groups excluding carboxylic acids is 1. The monoisotopic (exact) mass is 471 g/mol. The lowest BCUT2D eigenvalue weighted by molar-refractivity contribution is 0.0953. The fraction of sp³-hybridized carbons (Fsp3) is 0.357. The van der Waals surface area contributed by atoms with Gasteiger partial charge in [-0.05, 0) is 67.9 Å². The number of carbonyl (C=O) groups is 1. The minimum atomic E-state index is -0.0739. The van der Waals surface area contributed by atoms with E-state index in [0.717, 1.165) is 43.5 Å². The van der Waals surface area contributed by atoms with Gasteiger partial charge in [0, 0.05) is 24.7 Å². The first-order valence-corrected chi connectivity index (χ1v) is 12.3. The molecular formula is C28H33N5O2. The SMILES string of the molecule is Cc1nnc(-c2cc(CCC(C)C)n(-c3cccc(C(=O)NCCCCc4ccccc4)c3)n2)o1. The zero-order chi connectivity index (χ0) is 24.6. The number of nitrogens with zero attached hydrogens (tertiary/aromatic N) is 4. The molecule has 2 heterocycles. The van der Waals surface area contributed by atoms with E-state index >= 15 is 0 Å².